The molecule has 3 N–H and O–H groups in total. The normalized spacial score (nSPS) is 14.1. The van der Waals surface area contributed by atoms with Crippen LogP contribution in [0.1, 0.15) is 6.42 Å². The van der Waals surface area contributed by atoms with Crippen molar-refractivity contribution in [2.24, 2.45) is 0 Å². The molecular weight excluding hydrogens is 229 g/mol. The minimum absolute atomic E-state index is 0. The molecule has 0 fully saturated rings. The van der Waals surface area contributed by atoms with Gasteiger partial charge in [0.2, 0.25) is 0 Å². The van der Waals surface area contributed by atoms with Crippen molar-refractivity contribution >= 4 is 17.7 Å². The molecule has 0 radical (unpaired) electrons. The summed E-state index contributed by atoms with van der Waals surface area (Å²) in [6, 6.07) is -0.761. The number of carboxylic acid groups (broad SMARTS) is 1. The van der Waals surface area contributed by atoms with Gasteiger partial charge in [0.05, 0.1) is 18.7 Å². The monoisotopic (exact) mass is 245 g/mol. The Morgan fingerprint density at radius 3 is 2.60 bits per heavy atom. The summed E-state index contributed by atoms with van der Waals surface area (Å²) in [5.41, 5.74) is 0. The van der Waals surface area contributed by atoms with Crippen LogP contribution in [0.5, 0.6) is 0 Å². The number of carbonyl (C=O) groups is 1. The molecule has 5 nitrogen and oxygen atoms in total. The van der Waals surface area contributed by atoms with Gasteiger partial charge >= 0.3 is 29.6 Å². The predicted molar refractivity (Wildman–Crippen MR) is 52.9 cm³/mol. The number of nitrogens with one attached hydrogen (secondary N) is 1. The van der Waals surface area contributed by atoms with E-state index in [1.54, 1.807) is 11.8 Å². The molecule has 0 aliphatic rings. The number of carboxylic acids is 1. The zero-order valence-electron chi connectivity index (χ0n) is 9.10. The van der Waals surface area contributed by atoms with E-state index in [1.807, 2.05) is 6.26 Å². The van der Waals surface area contributed by atoms with Gasteiger partial charge in [0.1, 0.15) is 0 Å². The van der Waals surface area contributed by atoms with Crippen LogP contribution in [0.15, 0.2) is 0 Å². The standard InChI is InChI=1S/C8H17NO4S.Na/c1-14-3-2-7(8(12)13)9-4-6(11)5-10;/h6-7,9-11H,2-5H2,1H3,(H,12,13);/q;+1/p-1. The van der Waals surface area contributed by atoms with Gasteiger partial charge in [0, 0.05) is 12.6 Å². The number of hydrogen-bond donors (Lipinski definition) is 3. The van der Waals surface area contributed by atoms with E-state index in [9.17, 15) is 9.90 Å². The SMILES string of the molecule is CSCCC(NCC(O)CO)C(=O)[O-].[Na+]. The summed E-state index contributed by atoms with van der Waals surface area (Å²) >= 11 is 1.54. The van der Waals surface area contributed by atoms with E-state index in [-0.39, 0.29) is 42.7 Å². The van der Waals surface area contributed by atoms with Gasteiger partial charge in [-0.3, -0.25) is 0 Å². The van der Waals surface area contributed by atoms with E-state index >= 15 is 0 Å². The van der Waals surface area contributed by atoms with Crippen LogP contribution in [0, 0.1) is 0 Å². The van der Waals surface area contributed by atoms with Crippen molar-refractivity contribution in [3.63, 3.8) is 0 Å². The minimum atomic E-state index is -1.18. The summed E-state index contributed by atoms with van der Waals surface area (Å²) in [6.07, 6.45) is 1.41. The van der Waals surface area contributed by atoms with Crippen LogP contribution in [0.2, 0.25) is 0 Å². The maximum Gasteiger partial charge on any atom is 1.00 e. The number of aliphatic hydroxyl groups excluding tert-OH is 2. The first kappa shape index (κ1) is 18.1. The fourth-order valence-corrected chi connectivity index (χ4v) is 1.35. The van der Waals surface area contributed by atoms with Crippen LogP contribution < -0.4 is 40.0 Å². The number of thioether (sulfide) groups is 1. The van der Waals surface area contributed by atoms with Crippen molar-refractivity contribution in [3.8, 4) is 0 Å². The molecule has 15 heavy (non-hydrogen) atoms. The molecule has 0 bridgehead atoms. The molecule has 0 aliphatic carbocycles. The van der Waals surface area contributed by atoms with Gasteiger partial charge in [-0.15, -0.1) is 0 Å². The van der Waals surface area contributed by atoms with Gasteiger partial charge in [-0.05, 0) is 18.4 Å². The van der Waals surface area contributed by atoms with E-state index in [0.717, 1.165) is 0 Å². The van der Waals surface area contributed by atoms with Crippen molar-refractivity contribution in [1.82, 2.24) is 5.32 Å². The Morgan fingerprint density at radius 2 is 2.20 bits per heavy atom. The van der Waals surface area contributed by atoms with Gasteiger partial charge in [0.15, 0.2) is 0 Å². The first-order chi connectivity index (χ1) is 6.61. The second-order valence-corrected chi connectivity index (χ2v) is 3.88. The van der Waals surface area contributed by atoms with Gasteiger partial charge < -0.3 is 25.4 Å². The average molecular weight is 245 g/mol. The number of aliphatic carboxylic acids is 1. The molecule has 0 amide bonds. The summed E-state index contributed by atoms with van der Waals surface area (Å²) < 4.78 is 0. The Bertz CT molecular complexity index is 173. The first-order valence-electron chi connectivity index (χ1n) is 4.34. The van der Waals surface area contributed by atoms with Gasteiger partial charge in [-0.2, -0.15) is 11.8 Å². The molecule has 0 saturated heterocycles. The Labute approximate surface area is 116 Å². The number of aliphatic hydroxyl groups is 2. The van der Waals surface area contributed by atoms with Crippen LogP contribution in [-0.2, 0) is 4.79 Å². The predicted octanol–water partition coefficient (Wildman–Crippen LogP) is -5.20. The van der Waals surface area contributed by atoms with Crippen molar-refractivity contribution < 1.29 is 49.7 Å². The topological polar surface area (TPSA) is 92.6 Å². The summed E-state index contributed by atoms with van der Waals surface area (Å²) in [5, 5.41) is 30.7. The molecule has 2 unspecified atom stereocenters. The molecule has 2 atom stereocenters. The van der Waals surface area contributed by atoms with Gasteiger partial charge in [-0.25, -0.2) is 0 Å². The molecule has 0 spiro atoms. The van der Waals surface area contributed by atoms with Gasteiger partial charge in [0.25, 0.3) is 0 Å². The Balaban J connectivity index is 0. The van der Waals surface area contributed by atoms with E-state index in [1.165, 1.54) is 0 Å². The molecule has 0 aliphatic heterocycles. The van der Waals surface area contributed by atoms with Crippen LogP contribution in [0.25, 0.3) is 0 Å². The van der Waals surface area contributed by atoms with Crippen LogP contribution in [0.3, 0.4) is 0 Å². The molecule has 0 saturated carbocycles. The summed E-state index contributed by atoms with van der Waals surface area (Å²) in [7, 11) is 0. The second kappa shape index (κ2) is 11.2. The van der Waals surface area contributed by atoms with Gasteiger partial charge in [-0.1, -0.05) is 0 Å². The Kier molecular flexibility index (Phi) is 13.5. The first-order valence-corrected chi connectivity index (χ1v) is 5.73. The van der Waals surface area contributed by atoms with Crippen molar-refractivity contribution in [2.75, 3.05) is 25.2 Å². The molecule has 0 aromatic rings. The minimum Gasteiger partial charge on any atom is -0.548 e. The molecule has 0 aromatic carbocycles. The fraction of sp³-hybridized carbons (Fsp3) is 0.875. The number of rotatable bonds is 8. The molecule has 0 rings (SSSR count). The molecule has 0 heterocycles. The quantitative estimate of drug-likeness (QED) is 0.370. The molecular formula is C8H16NNaO4S. The average Bonchev–Trinajstić information content (AvgIpc) is 2.16. The smallest absolute Gasteiger partial charge is 0.548 e. The number of carbonyl (C=O) groups excluding carboxylic acids is 1. The van der Waals surface area contributed by atoms with Crippen molar-refractivity contribution in [1.29, 1.82) is 0 Å². The second-order valence-electron chi connectivity index (χ2n) is 2.90. The zero-order valence-corrected chi connectivity index (χ0v) is 11.9. The maximum absolute atomic E-state index is 10.6. The largest absolute Gasteiger partial charge is 1.00 e. The Morgan fingerprint density at radius 1 is 1.60 bits per heavy atom. The summed E-state index contributed by atoms with van der Waals surface area (Å²) in [4.78, 5) is 10.6. The van der Waals surface area contributed by atoms with E-state index in [2.05, 4.69) is 5.32 Å². The van der Waals surface area contributed by atoms with Crippen molar-refractivity contribution in [2.45, 2.75) is 18.6 Å². The molecule has 84 valence electrons. The molecule has 7 heteroatoms. The van der Waals surface area contributed by atoms with E-state index < -0.39 is 18.1 Å². The summed E-state index contributed by atoms with van der Waals surface area (Å²) in [6.45, 7) is -0.321. The Hall–Kier alpha value is 0.700. The van der Waals surface area contributed by atoms with Crippen LogP contribution >= 0.6 is 11.8 Å². The van der Waals surface area contributed by atoms with Crippen LogP contribution in [-0.4, -0.2) is 53.5 Å². The third-order valence-electron chi connectivity index (χ3n) is 1.71. The third-order valence-corrected chi connectivity index (χ3v) is 2.35. The van der Waals surface area contributed by atoms with E-state index in [4.69, 9.17) is 10.2 Å². The van der Waals surface area contributed by atoms with E-state index in [0.29, 0.717) is 12.2 Å². The number of hydrogen-bond acceptors (Lipinski definition) is 6. The zero-order chi connectivity index (χ0) is 11.0. The molecule has 0 aromatic heterocycles. The van der Waals surface area contributed by atoms with Crippen LogP contribution in [0.4, 0.5) is 0 Å². The maximum atomic E-state index is 10.6. The fourth-order valence-electron chi connectivity index (χ4n) is 0.882. The van der Waals surface area contributed by atoms with Crippen molar-refractivity contribution in [3.05, 3.63) is 0 Å². The third kappa shape index (κ3) is 9.62. The summed E-state index contributed by atoms with van der Waals surface area (Å²) in [5.74, 6) is -0.467.